The largest absolute Gasteiger partial charge is 0.497 e. The molecule has 0 fully saturated rings. The topological polar surface area (TPSA) is 57.0 Å². The van der Waals surface area contributed by atoms with Gasteiger partial charge in [-0.1, -0.05) is 23.9 Å². The highest BCUT2D eigenvalue weighted by atomic mass is 32.2. The summed E-state index contributed by atoms with van der Waals surface area (Å²) in [6.07, 6.45) is 1.85. The van der Waals surface area contributed by atoms with E-state index >= 15 is 0 Å². The van der Waals surface area contributed by atoms with E-state index in [0.29, 0.717) is 11.6 Å². The molecule has 0 saturated carbocycles. The molecule has 2 heterocycles. The molecule has 0 amide bonds. The quantitative estimate of drug-likeness (QED) is 0.829. The van der Waals surface area contributed by atoms with Gasteiger partial charge in [0, 0.05) is 11.7 Å². The van der Waals surface area contributed by atoms with Gasteiger partial charge in [0.05, 0.1) is 7.11 Å². The van der Waals surface area contributed by atoms with Crippen LogP contribution in [0.1, 0.15) is 22.0 Å². The molecule has 0 aliphatic carbocycles. The van der Waals surface area contributed by atoms with Gasteiger partial charge >= 0.3 is 0 Å². The third-order valence-electron chi connectivity index (χ3n) is 2.85. The van der Waals surface area contributed by atoms with Crippen molar-refractivity contribution in [1.29, 1.82) is 0 Å². The SMILES string of the molecule is COc1ccc(C2CC(=O)n3ncnc3S2)cc1. The fourth-order valence-electron chi connectivity index (χ4n) is 1.90. The van der Waals surface area contributed by atoms with E-state index in [9.17, 15) is 4.79 Å². The Morgan fingerprint density at radius 2 is 2.17 bits per heavy atom. The van der Waals surface area contributed by atoms with Crippen molar-refractivity contribution in [3.63, 3.8) is 0 Å². The Hall–Kier alpha value is -1.82. The van der Waals surface area contributed by atoms with Gasteiger partial charge in [-0.2, -0.15) is 9.78 Å². The maximum Gasteiger partial charge on any atom is 0.250 e. The van der Waals surface area contributed by atoms with E-state index in [1.807, 2.05) is 24.3 Å². The first-order valence-corrected chi connectivity index (χ1v) is 6.40. The van der Waals surface area contributed by atoms with Crippen LogP contribution in [-0.4, -0.2) is 27.8 Å². The van der Waals surface area contributed by atoms with E-state index in [4.69, 9.17) is 4.74 Å². The lowest BCUT2D eigenvalue weighted by Crippen LogP contribution is -2.20. The lowest BCUT2D eigenvalue weighted by molar-refractivity contribution is 0.0868. The van der Waals surface area contributed by atoms with Crippen molar-refractivity contribution in [2.75, 3.05) is 7.11 Å². The molecule has 1 atom stereocenters. The minimum atomic E-state index is -0.0120. The molecule has 0 spiro atoms. The molecule has 1 aromatic carbocycles. The number of carbonyl (C=O) groups excluding carboxylic acids is 1. The Bertz CT molecular complexity index is 579. The minimum Gasteiger partial charge on any atom is -0.497 e. The van der Waals surface area contributed by atoms with Gasteiger partial charge in [0.2, 0.25) is 0 Å². The smallest absolute Gasteiger partial charge is 0.250 e. The molecule has 1 aliphatic rings. The van der Waals surface area contributed by atoms with Crippen LogP contribution in [0.2, 0.25) is 0 Å². The summed E-state index contributed by atoms with van der Waals surface area (Å²) in [5.74, 6) is 0.802. The number of rotatable bonds is 2. The monoisotopic (exact) mass is 261 g/mol. The number of fused-ring (bicyclic) bond motifs is 1. The first kappa shape index (κ1) is 11.3. The van der Waals surface area contributed by atoms with Gasteiger partial charge in [-0.15, -0.1) is 0 Å². The van der Waals surface area contributed by atoms with Crippen molar-refractivity contribution in [2.45, 2.75) is 16.8 Å². The molecule has 0 saturated heterocycles. The third-order valence-corrected chi connectivity index (χ3v) is 4.06. The van der Waals surface area contributed by atoms with Crippen molar-refractivity contribution < 1.29 is 9.53 Å². The average Bonchev–Trinajstić information content (AvgIpc) is 2.88. The van der Waals surface area contributed by atoms with Gasteiger partial charge in [-0.3, -0.25) is 4.79 Å². The summed E-state index contributed by atoms with van der Waals surface area (Å²) in [5, 5.41) is 4.67. The number of hydrogen-bond acceptors (Lipinski definition) is 5. The van der Waals surface area contributed by atoms with E-state index in [1.165, 1.54) is 11.0 Å². The van der Waals surface area contributed by atoms with Gasteiger partial charge in [0.15, 0.2) is 5.16 Å². The summed E-state index contributed by atoms with van der Waals surface area (Å²) in [4.78, 5) is 16.0. The van der Waals surface area contributed by atoms with Crippen LogP contribution in [0.5, 0.6) is 5.75 Å². The van der Waals surface area contributed by atoms with Gasteiger partial charge in [0.25, 0.3) is 5.91 Å². The molecule has 0 N–H and O–H groups in total. The van der Waals surface area contributed by atoms with Crippen LogP contribution in [-0.2, 0) is 0 Å². The highest BCUT2D eigenvalue weighted by molar-refractivity contribution is 7.99. The molecule has 1 aromatic heterocycles. The molecule has 5 nitrogen and oxygen atoms in total. The van der Waals surface area contributed by atoms with Crippen LogP contribution >= 0.6 is 11.8 Å². The van der Waals surface area contributed by atoms with Crippen LogP contribution < -0.4 is 4.74 Å². The zero-order chi connectivity index (χ0) is 12.5. The Labute approximate surface area is 108 Å². The number of ether oxygens (including phenoxy) is 1. The normalized spacial score (nSPS) is 18.5. The summed E-state index contributed by atoms with van der Waals surface area (Å²) in [6.45, 7) is 0. The number of carbonyl (C=O) groups is 1. The average molecular weight is 261 g/mol. The molecule has 1 aliphatic heterocycles. The molecule has 0 bridgehead atoms. The molecular formula is C12H11N3O2S. The second-order valence-corrected chi connectivity index (χ2v) is 5.10. The zero-order valence-electron chi connectivity index (χ0n) is 9.74. The number of aromatic nitrogens is 3. The van der Waals surface area contributed by atoms with E-state index < -0.39 is 0 Å². The fraction of sp³-hybridized carbons (Fsp3) is 0.250. The zero-order valence-corrected chi connectivity index (χ0v) is 10.6. The lowest BCUT2D eigenvalue weighted by atomic mass is 10.1. The molecular weight excluding hydrogens is 250 g/mol. The third kappa shape index (κ3) is 1.88. The fourth-order valence-corrected chi connectivity index (χ4v) is 3.03. The minimum absolute atomic E-state index is 0.0120. The molecule has 6 heteroatoms. The lowest BCUT2D eigenvalue weighted by Gasteiger charge is -2.20. The predicted octanol–water partition coefficient (Wildman–Crippen LogP) is 2.16. The van der Waals surface area contributed by atoms with Gasteiger partial charge in [-0.05, 0) is 17.7 Å². The number of methoxy groups -OCH3 is 1. The van der Waals surface area contributed by atoms with Gasteiger partial charge in [0.1, 0.15) is 12.1 Å². The van der Waals surface area contributed by atoms with Crippen molar-refractivity contribution in [3.8, 4) is 5.75 Å². The standard InChI is InChI=1S/C12H11N3O2S/c1-17-9-4-2-8(3-5-9)10-6-11(16)15-12(18-10)13-7-14-15/h2-5,7,10H,6H2,1H3. The molecule has 1 unspecified atom stereocenters. The predicted molar refractivity (Wildman–Crippen MR) is 66.9 cm³/mol. The van der Waals surface area contributed by atoms with Crippen molar-refractivity contribution >= 4 is 17.7 Å². The number of benzene rings is 1. The Morgan fingerprint density at radius 1 is 1.39 bits per heavy atom. The number of thioether (sulfide) groups is 1. The van der Waals surface area contributed by atoms with Gasteiger partial charge in [-0.25, -0.2) is 4.98 Å². The number of nitrogens with zero attached hydrogens (tertiary/aromatic N) is 3. The second kappa shape index (κ2) is 4.45. The second-order valence-electron chi connectivity index (χ2n) is 3.93. The summed E-state index contributed by atoms with van der Waals surface area (Å²) in [7, 11) is 1.64. The highest BCUT2D eigenvalue weighted by Gasteiger charge is 2.28. The first-order valence-electron chi connectivity index (χ1n) is 5.52. The molecule has 18 heavy (non-hydrogen) atoms. The highest BCUT2D eigenvalue weighted by Crippen LogP contribution is 2.40. The van der Waals surface area contributed by atoms with Crippen LogP contribution in [0.3, 0.4) is 0 Å². The van der Waals surface area contributed by atoms with Crippen LogP contribution in [0.25, 0.3) is 0 Å². The first-order chi connectivity index (χ1) is 8.78. The summed E-state index contributed by atoms with van der Waals surface area (Å²) < 4.78 is 6.49. The summed E-state index contributed by atoms with van der Waals surface area (Å²) in [6, 6.07) is 7.77. The maximum absolute atomic E-state index is 11.9. The molecule has 0 radical (unpaired) electrons. The van der Waals surface area contributed by atoms with Crippen LogP contribution in [0.15, 0.2) is 35.7 Å². The van der Waals surface area contributed by atoms with E-state index in [1.54, 1.807) is 18.9 Å². The van der Waals surface area contributed by atoms with Crippen molar-refractivity contribution in [3.05, 3.63) is 36.2 Å². The molecule has 2 aromatic rings. The molecule has 3 rings (SSSR count). The molecule has 92 valence electrons. The summed E-state index contributed by atoms with van der Waals surface area (Å²) >= 11 is 1.56. The van der Waals surface area contributed by atoms with E-state index in [0.717, 1.165) is 11.3 Å². The Kier molecular flexibility index (Phi) is 2.79. The Balaban J connectivity index is 1.88. The van der Waals surface area contributed by atoms with Crippen LogP contribution in [0, 0.1) is 0 Å². The maximum atomic E-state index is 11.9. The van der Waals surface area contributed by atoms with E-state index in [2.05, 4.69) is 10.1 Å². The van der Waals surface area contributed by atoms with Crippen molar-refractivity contribution in [1.82, 2.24) is 14.8 Å². The number of hydrogen-bond donors (Lipinski definition) is 0. The Morgan fingerprint density at radius 3 is 2.89 bits per heavy atom. The van der Waals surface area contributed by atoms with E-state index in [-0.39, 0.29) is 11.2 Å². The van der Waals surface area contributed by atoms with Crippen LogP contribution in [0.4, 0.5) is 0 Å². The van der Waals surface area contributed by atoms with Gasteiger partial charge < -0.3 is 4.74 Å². The summed E-state index contributed by atoms with van der Waals surface area (Å²) in [5.41, 5.74) is 1.10. The van der Waals surface area contributed by atoms with Crippen molar-refractivity contribution in [2.24, 2.45) is 0 Å².